The number of rotatable bonds is 5. The van der Waals surface area contributed by atoms with Crippen LogP contribution in [0.4, 0.5) is 5.69 Å². The Kier molecular flexibility index (Phi) is 4.58. The van der Waals surface area contributed by atoms with Crippen LogP contribution in [0.15, 0.2) is 48.5 Å². The zero-order valence-electron chi connectivity index (χ0n) is 10.8. The van der Waals surface area contributed by atoms with Crippen LogP contribution in [-0.2, 0) is 6.42 Å². The minimum atomic E-state index is 0.0785. The average Bonchev–Trinajstić information content (AvgIpc) is 2.41. The molecule has 0 aliphatic heterocycles. The maximum atomic E-state index is 11.3. The molecule has 0 spiro atoms. The molecule has 19 heavy (non-hydrogen) atoms. The summed E-state index contributed by atoms with van der Waals surface area (Å²) in [6, 6.07) is 15.4. The topological polar surface area (TPSA) is 29.1 Å². The number of anilines is 1. The van der Waals surface area contributed by atoms with Crippen LogP contribution in [0.25, 0.3) is 0 Å². The standard InChI is InChI=1S/C16H16ClNO/c1-12(19)14-6-4-7-15(11-14)18-10-9-13-5-2-3-8-16(13)17/h2-8,11,18H,9-10H2,1H3. The van der Waals surface area contributed by atoms with E-state index in [1.165, 1.54) is 0 Å². The molecule has 0 saturated carbocycles. The third-order valence-corrected chi connectivity index (χ3v) is 3.32. The number of hydrogen-bond donors (Lipinski definition) is 1. The highest BCUT2D eigenvalue weighted by Gasteiger charge is 2.01. The fraction of sp³-hybridized carbons (Fsp3) is 0.188. The second-order valence-electron chi connectivity index (χ2n) is 4.41. The van der Waals surface area contributed by atoms with Gasteiger partial charge in [0.15, 0.2) is 5.78 Å². The Hall–Kier alpha value is -1.80. The molecule has 2 rings (SSSR count). The van der Waals surface area contributed by atoms with E-state index in [4.69, 9.17) is 11.6 Å². The molecule has 0 unspecified atom stereocenters. The van der Waals surface area contributed by atoms with Gasteiger partial charge in [0.2, 0.25) is 0 Å². The summed E-state index contributed by atoms with van der Waals surface area (Å²) in [5.41, 5.74) is 2.81. The van der Waals surface area contributed by atoms with Gasteiger partial charge in [0, 0.05) is 22.8 Å². The summed E-state index contributed by atoms with van der Waals surface area (Å²) in [4.78, 5) is 11.3. The number of ketones is 1. The maximum absolute atomic E-state index is 11.3. The zero-order valence-corrected chi connectivity index (χ0v) is 11.6. The van der Waals surface area contributed by atoms with Gasteiger partial charge < -0.3 is 5.32 Å². The second kappa shape index (κ2) is 6.39. The van der Waals surface area contributed by atoms with Gasteiger partial charge in [0.1, 0.15) is 0 Å². The van der Waals surface area contributed by atoms with Crippen LogP contribution in [0.1, 0.15) is 22.8 Å². The number of benzene rings is 2. The molecule has 0 radical (unpaired) electrons. The molecule has 2 nitrogen and oxygen atoms in total. The first-order valence-electron chi connectivity index (χ1n) is 6.25. The molecular formula is C16H16ClNO. The quantitative estimate of drug-likeness (QED) is 0.828. The van der Waals surface area contributed by atoms with E-state index in [1.807, 2.05) is 48.5 Å². The highest BCUT2D eigenvalue weighted by atomic mass is 35.5. The normalized spacial score (nSPS) is 10.2. The highest BCUT2D eigenvalue weighted by Crippen LogP contribution is 2.16. The Balaban J connectivity index is 1.94. The molecule has 0 atom stereocenters. The van der Waals surface area contributed by atoms with Crippen molar-refractivity contribution >= 4 is 23.1 Å². The molecule has 0 amide bonds. The number of hydrogen-bond acceptors (Lipinski definition) is 2. The molecule has 2 aromatic carbocycles. The van der Waals surface area contributed by atoms with E-state index in [-0.39, 0.29) is 5.78 Å². The average molecular weight is 274 g/mol. The zero-order chi connectivity index (χ0) is 13.7. The fourth-order valence-electron chi connectivity index (χ4n) is 1.89. The van der Waals surface area contributed by atoms with E-state index in [9.17, 15) is 4.79 Å². The Morgan fingerprint density at radius 3 is 2.68 bits per heavy atom. The summed E-state index contributed by atoms with van der Waals surface area (Å²) < 4.78 is 0. The molecule has 0 aliphatic rings. The van der Waals surface area contributed by atoms with Crippen molar-refractivity contribution in [2.24, 2.45) is 0 Å². The van der Waals surface area contributed by atoms with Gasteiger partial charge in [-0.3, -0.25) is 4.79 Å². The van der Waals surface area contributed by atoms with Gasteiger partial charge >= 0.3 is 0 Å². The Bertz CT molecular complexity index is 580. The van der Waals surface area contributed by atoms with Crippen LogP contribution >= 0.6 is 11.6 Å². The third-order valence-electron chi connectivity index (χ3n) is 2.95. The summed E-state index contributed by atoms with van der Waals surface area (Å²) >= 11 is 6.10. The van der Waals surface area contributed by atoms with Gasteiger partial charge in [-0.25, -0.2) is 0 Å². The van der Waals surface area contributed by atoms with E-state index >= 15 is 0 Å². The summed E-state index contributed by atoms with van der Waals surface area (Å²) in [7, 11) is 0. The summed E-state index contributed by atoms with van der Waals surface area (Å²) in [6.45, 7) is 2.36. The van der Waals surface area contributed by atoms with Crippen LogP contribution in [0, 0.1) is 0 Å². The van der Waals surface area contributed by atoms with Crippen molar-refractivity contribution in [3.8, 4) is 0 Å². The minimum absolute atomic E-state index is 0.0785. The van der Waals surface area contributed by atoms with E-state index in [2.05, 4.69) is 5.32 Å². The van der Waals surface area contributed by atoms with Crippen molar-refractivity contribution < 1.29 is 4.79 Å². The largest absolute Gasteiger partial charge is 0.385 e. The van der Waals surface area contributed by atoms with Gasteiger partial charge in [-0.2, -0.15) is 0 Å². The first-order chi connectivity index (χ1) is 9.16. The summed E-state index contributed by atoms with van der Waals surface area (Å²) in [5, 5.41) is 4.10. The molecule has 98 valence electrons. The molecule has 0 aliphatic carbocycles. The Morgan fingerprint density at radius 2 is 1.95 bits per heavy atom. The van der Waals surface area contributed by atoms with E-state index in [0.29, 0.717) is 0 Å². The number of halogens is 1. The molecule has 0 fully saturated rings. The predicted octanol–water partition coefficient (Wildman–Crippen LogP) is 4.20. The molecule has 1 N–H and O–H groups in total. The lowest BCUT2D eigenvalue weighted by Crippen LogP contribution is -2.05. The van der Waals surface area contributed by atoms with Crippen molar-refractivity contribution in [1.82, 2.24) is 0 Å². The van der Waals surface area contributed by atoms with Gasteiger partial charge in [-0.05, 0) is 37.1 Å². The van der Waals surface area contributed by atoms with Gasteiger partial charge in [-0.1, -0.05) is 41.9 Å². The van der Waals surface area contributed by atoms with E-state index in [0.717, 1.165) is 34.8 Å². The van der Waals surface area contributed by atoms with Crippen molar-refractivity contribution in [3.63, 3.8) is 0 Å². The van der Waals surface area contributed by atoms with Crippen LogP contribution in [0.3, 0.4) is 0 Å². The smallest absolute Gasteiger partial charge is 0.159 e. The Morgan fingerprint density at radius 1 is 1.16 bits per heavy atom. The number of carbonyl (C=O) groups excluding carboxylic acids is 1. The first kappa shape index (κ1) is 13.6. The van der Waals surface area contributed by atoms with Crippen molar-refractivity contribution in [2.45, 2.75) is 13.3 Å². The van der Waals surface area contributed by atoms with Crippen LogP contribution < -0.4 is 5.32 Å². The second-order valence-corrected chi connectivity index (χ2v) is 4.81. The van der Waals surface area contributed by atoms with Crippen LogP contribution in [-0.4, -0.2) is 12.3 Å². The summed E-state index contributed by atoms with van der Waals surface area (Å²) in [5.74, 6) is 0.0785. The number of nitrogens with one attached hydrogen (secondary N) is 1. The van der Waals surface area contributed by atoms with Crippen molar-refractivity contribution in [2.75, 3.05) is 11.9 Å². The predicted molar refractivity (Wildman–Crippen MR) is 80.1 cm³/mol. The lowest BCUT2D eigenvalue weighted by molar-refractivity contribution is 0.101. The summed E-state index contributed by atoms with van der Waals surface area (Å²) in [6.07, 6.45) is 0.851. The van der Waals surface area contributed by atoms with Crippen molar-refractivity contribution in [3.05, 3.63) is 64.7 Å². The maximum Gasteiger partial charge on any atom is 0.159 e. The lowest BCUT2D eigenvalue weighted by atomic mass is 10.1. The number of carbonyl (C=O) groups is 1. The molecule has 3 heteroatoms. The van der Waals surface area contributed by atoms with E-state index < -0.39 is 0 Å². The molecule has 0 bridgehead atoms. The fourth-order valence-corrected chi connectivity index (χ4v) is 2.12. The first-order valence-corrected chi connectivity index (χ1v) is 6.63. The van der Waals surface area contributed by atoms with Crippen LogP contribution in [0.2, 0.25) is 5.02 Å². The Labute approximate surface area is 118 Å². The molecule has 0 aromatic heterocycles. The SMILES string of the molecule is CC(=O)c1cccc(NCCc2ccccc2Cl)c1. The lowest BCUT2D eigenvalue weighted by Gasteiger charge is -2.08. The minimum Gasteiger partial charge on any atom is -0.385 e. The molecule has 0 heterocycles. The van der Waals surface area contributed by atoms with Crippen molar-refractivity contribution in [1.29, 1.82) is 0 Å². The number of Topliss-reactive ketones (excluding diaryl/α,β-unsaturated/α-hetero) is 1. The van der Waals surface area contributed by atoms with Gasteiger partial charge in [0.05, 0.1) is 0 Å². The van der Waals surface area contributed by atoms with E-state index in [1.54, 1.807) is 6.92 Å². The molecular weight excluding hydrogens is 258 g/mol. The highest BCUT2D eigenvalue weighted by molar-refractivity contribution is 6.31. The van der Waals surface area contributed by atoms with Gasteiger partial charge in [0.25, 0.3) is 0 Å². The molecule has 0 saturated heterocycles. The van der Waals surface area contributed by atoms with Gasteiger partial charge in [-0.15, -0.1) is 0 Å². The van der Waals surface area contributed by atoms with Crippen LogP contribution in [0.5, 0.6) is 0 Å². The molecule has 2 aromatic rings. The third kappa shape index (κ3) is 3.83. The monoisotopic (exact) mass is 273 g/mol.